The molecule has 0 aliphatic rings. The molecular formula is C13H17O3. The van der Waals surface area contributed by atoms with Crippen LogP contribution in [-0.4, -0.2) is 19.2 Å². The van der Waals surface area contributed by atoms with Crippen molar-refractivity contribution in [2.45, 2.75) is 20.3 Å². The van der Waals surface area contributed by atoms with Gasteiger partial charge in [0.25, 0.3) is 0 Å². The van der Waals surface area contributed by atoms with E-state index in [1.54, 1.807) is 0 Å². The maximum Gasteiger partial charge on any atom is 0.302 e. The summed E-state index contributed by atoms with van der Waals surface area (Å²) in [7, 11) is 0. The van der Waals surface area contributed by atoms with Gasteiger partial charge in [0.2, 0.25) is 0 Å². The lowest BCUT2D eigenvalue weighted by Crippen LogP contribution is -2.09. The average molecular weight is 221 g/mol. The van der Waals surface area contributed by atoms with Crippen LogP contribution in [0, 0.1) is 6.42 Å². The van der Waals surface area contributed by atoms with Crippen molar-refractivity contribution in [1.29, 1.82) is 0 Å². The van der Waals surface area contributed by atoms with E-state index < -0.39 is 0 Å². The number of ether oxygens (including phenoxy) is 2. The second-order valence-electron chi connectivity index (χ2n) is 3.44. The third kappa shape index (κ3) is 4.82. The Morgan fingerprint density at radius 1 is 1.25 bits per heavy atom. The third-order valence-corrected chi connectivity index (χ3v) is 2.02. The van der Waals surface area contributed by atoms with Crippen molar-refractivity contribution >= 4 is 5.97 Å². The maximum absolute atomic E-state index is 10.5. The summed E-state index contributed by atoms with van der Waals surface area (Å²) in [5, 5.41) is 0. The predicted octanol–water partition coefficient (Wildman–Crippen LogP) is 2.40. The standard InChI is InChI=1S/C13H17O3/c1-3-4-12-5-7-13(8-6-12)16-10-9-15-11(2)14/h3,5-8H,4,9-10H2,1-2H3. The van der Waals surface area contributed by atoms with E-state index in [0.717, 1.165) is 12.2 Å². The minimum atomic E-state index is -0.280. The fourth-order valence-electron chi connectivity index (χ4n) is 1.30. The first-order valence-corrected chi connectivity index (χ1v) is 5.35. The highest BCUT2D eigenvalue weighted by molar-refractivity contribution is 5.65. The molecule has 0 N–H and O–H groups in total. The van der Waals surface area contributed by atoms with Gasteiger partial charge in [0, 0.05) is 6.92 Å². The minimum Gasteiger partial charge on any atom is -0.490 e. The molecule has 3 nitrogen and oxygen atoms in total. The second-order valence-corrected chi connectivity index (χ2v) is 3.44. The van der Waals surface area contributed by atoms with Crippen LogP contribution in [0.15, 0.2) is 24.3 Å². The number of rotatable bonds is 6. The van der Waals surface area contributed by atoms with E-state index in [-0.39, 0.29) is 5.97 Å². The lowest BCUT2D eigenvalue weighted by atomic mass is 10.1. The Labute approximate surface area is 96.4 Å². The van der Waals surface area contributed by atoms with Gasteiger partial charge in [0.15, 0.2) is 0 Å². The van der Waals surface area contributed by atoms with Gasteiger partial charge in [-0.05, 0) is 30.5 Å². The SMILES string of the molecule is C[CH]Cc1ccc(OCCOC(C)=O)cc1. The quantitative estimate of drug-likeness (QED) is 0.546. The number of hydrogen-bond donors (Lipinski definition) is 0. The molecule has 0 saturated heterocycles. The Morgan fingerprint density at radius 2 is 1.94 bits per heavy atom. The Balaban J connectivity index is 2.29. The van der Waals surface area contributed by atoms with E-state index >= 15 is 0 Å². The molecular weight excluding hydrogens is 204 g/mol. The molecule has 3 heteroatoms. The molecule has 0 aliphatic heterocycles. The molecule has 0 spiro atoms. The molecule has 0 amide bonds. The molecule has 1 aromatic carbocycles. The van der Waals surface area contributed by atoms with Crippen molar-refractivity contribution in [2.24, 2.45) is 0 Å². The zero-order chi connectivity index (χ0) is 11.8. The van der Waals surface area contributed by atoms with Gasteiger partial charge in [-0.25, -0.2) is 0 Å². The first-order chi connectivity index (χ1) is 7.72. The van der Waals surface area contributed by atoms with Gasteiger partial charge < -0.3 is 9.47 Å². The van der Waals surface area contributed by atoms with Gasteiger partial charge in [0.05, 0.1) is 0 Å². The van der Waals surface area contributed by atoms with E-state index in [0.29, 0.717) is 13.2 Å². The van der Waals surface area contributed by atoms with Crippen LogP contribution in [0.25, 0.3) is 0 Å². The fraction of sp³-hybridized carbons (Fsp3) is 0.385. The smallest absolute Gasteiger partial charge is 0.302 e. The molecule has 0 atom stereocenters. The van der Waals surface area contributed by atoms with Crippen LogP contribution in [0.5, 0.6) is 5.75 Å². The van der Waals surface area contributed by atoms with Crippen LogP contribution >= 0.6 is 0 Å². The second kappa shape index (κ2) is 6.88. The van der Waals surface area contributed by atoms with E-state index in [4.69, 9.17) is 9.47 Å². The molecule has 1 aromatic rings. The van der Waals surface area contributed by atoms with Crippen molar-refractivity contribution in [2.75, 3.05) is 13.2 Å². The molecule has 16 heavy (non-hydrogen) atoms. The van der Waals surface area contributed by atoms with Crippen LogP contribution in [0.4, 0.5) is 0 Å². The average Bonchev–Trinajstić information content (AvgIpc) is 2.27. The Hall–Kier alpha value is -1.51. The first-order valence-electron chi connectivity index (χ1n) is 5.35. The molecule has 0 bridgehead atoms. The highest BCUT2D eigenvalue weighted by atomic mass is 16.6. The molecule has 1 radical (unpaired) electrons. The summed E-state index contributed by atoms with van der Waals surface area (Å²) in [6.07, 6.45) is 3.07. The molecule has 0 aromatic heterocycles. The van der Waals surface area contributed by atoms with Crippen molar-refractivity contribution in [3.8, 4) is 5.75 Å². The Morgan fingerprint density at radius 3 is 2.50 bits per heavy atom. The molecule has 0 unspecified atom stereocenters. The number of carbonyl (C=O) groups excluding carboxylic acids is 1. The summed E-state index contributed by atoms with van der Waals surface area (Å²) in [6.45, 7) is 4.10. The lowest BCUT2D eigenvalue weighted by Gasteiger charge is -2.06. The summed E-state index contributed by atoms with van der Waals surface area (Å²) in [5.74, 6) is 0.518. The van der Waals surface area contributed by atoms with Gasteiger partial charge in [0.1, 0.15) is 19.0 Å². The summed E-state index contributed by atoms with van der Waals surface area (Å²) in [4.78, 5) is 10.5. The highest BCUT2D eigenvalue weighted by Gasteiger charge is 1.96. The van der Waals surface area contributed by atoms with Gasteiger partial charge >= 0.3 is 5.97 Å². The number of esters is 1. The van der Waals surface area contributed by atoms with Gasteiger partial charge in [-0.15, -0.1) is 0 Å². The zero-order valence-corrected chi connectivity index (χ0v) is 9.73. The predicted molar refractivity (Wildman–Crippen MR) is 62.2 cm³/mol. The summed E-state index contributed by atoms with van der Waals surface area (Å²) in [5.41, 5.74) is 1.26. The van der Waals surface area contributed by atoms with Crippen LogP contribution in [0.3, 0.4) is 0 Å². The third-order valence-electron chi connectivity index (χ3n) is 2.02. The number of hydrogen-bond acceptors (Lipinski definition) is 3. The van der Waals surface area contributed by atoms with E-state index in [2.05, 4.69) is 6.42 Å². The van der Waals surface area contributed by atoms with Crippen molar-refractivity contribution in [3.05, 3.63) is 36.2 Å². The normalized spacial score (nSPS) is 9.88. The summed E-state index contributed by atoms with van der Waals surface area (Å²) >= 11 is 0. The fourth-order valence-corrected chi connectivity index (χ4v) is 1.30. The number of carbonyl (C=O) groups is 1. The van der Waals surface area contributed by atoms with Crippen LogP contribution in [-0.2, 0) is 16.0 Å². The van der Waals surface area contributed by atoms with Crippen molar-refractivity contribution < 1.29 is 14.3 Å². The topological polar surface area (TPSA) is 35.5 Å². The lowest BCUT2D eigenvalue weighted by molar-refractivity contribution is -0.141. The van der Waals surface area contributed by atoms with E-state index in [1.165, 1.54) is 12.5 Å². The van der Waals surface area contributed by atoms with E-state index in [9.17, 15) is 4.79 Å². The molecule has 1 rings (SSSR count). The molecule has 87 valence electrons. The van der Waals surface area contributed by atoms with Gasteiger partial charge in [-0.3, -0.25) is 4.79 Å². The van der Waals surface area contributed by atoms with Gasteiger partial charge in [-0.1, -0.05) is 19.1 Å². The maximum atomic E-state index is 10.5. The van der Waals surface area contributed by atoms with Crippen LogP contribution < -0.4 is 4.74 Å². The molecule has 0 heterocycles. The van der Waals surface area contributed by atoms with Crippen molar-refractivity contribution in [1.82, 2.24) is 0 Å². The zero-order valence-electron chi connectivity index (χ0n) is 9.73. The van der Waals surface area contributed by atoms with Crippen LogP contribution in [0.1, 0.15) is 19.4 Å². The van der Waals surface area contributed by atoms with Gasteiger partial charge in [-0.2, -0.15) is 0 Å². The first kappa shape index (κ1) is 12.6. The monoisotopic (exact) mass is 221 g/mol. The molecule has 0 fully saturated rings. The summed E-state index contributed by atoms with van der Waals surface area (Å²) in [6, 6.07) is 7.90. The summed E-state index contributed by atoms with van der Waals surface area (Å²) < 4.78 is 10.2. The largest absolute Gasteiger partial charge is 0.490 e. The molecule has 0 aliphatic carbocycles. The number of benzene rings is 1. The molecule has 0 saturated carbocycles. The minimum absolute atomic E-state index is 0.280. The Kier molecular flexibility index (Phi) is 5.40. The van der Waals surface area contributed by atoms with Crippen molar-refractivity contribution in [3.63, 3.8) is 0 Å². The van der Waals surface area contributed by atoms with Crippen LogP contribution in [0.2, 0.25) is 0 Å². The highest BCUT2D eigenvalue weighted by Crippen LogP contribution is 2.12. The van der Waals surface area contributed by atoms with E-state index in [1.807, 2.05) is 31.2 Å². The Bertz CT molecular complexity index is 316.